The molecule has 1 saturated heterocycles. The minimum absolute atomic E-state index is 0.260. The van der Waals surface area contributed by atoms with E-state index in [1.807, 2.05) is 0 Å². The third kappa shape index (κ3) is 50.5. The summed E-state index contributed by atoms with van der Waals surface area (Å²) in [5, 5.41) is 76.6. The zero-order valence-corrected chi connectivity index (χ0v) is 56.8. The van der Waals surface area contributed by atoms with Gasteiger partial charge in [0, 0.05) is 0 Å². The number of allylic oxidation sites excluding steroid dienone is 2. The van der Waals surface area contributed by atoms with Crippen LogP contribution in [0.3, 0.4) is 0 Å². The predicted molar refractivity (Wildman–Crippen MR) is 363 cm³/mol. The lowest BCUT2D eigenvalue weighted by atomic mass is 9.98. The Morgan fingerprint density at radius 3 is 1.00 bits per heavy atom. The summed E-state index contributed by atoms with van der Waals surface area (Å²) in [7, 11) is 0. The number of hydrogen-bond donors (Lipinski definition) is 8. The fourth-order valence-corrected chi connectivity index (χ4v) is 12.7. The predicted octanol–water partition coefficient (Wildman–Crippen LogP) is 19.0. The summed E-state index contributed by atoms with van der Waals surface area (Å²) in [6.45, 7) is 3.52. The van der Waals surface area contributed by atoms with Crippen LogP contribution in [-0.2, 0) is 14.3 Å². The Hall–Kier alpha value is -1.15. The molecule has 0 bridgehead atoms. The highest BCUT2D eigenvalue weighted by Gasteiger charge is 2.44. The topological polar surface area (TPSA) is 189 Å². The van der Waals surface area contributed by atoms with Crippen LogP contribution in [0.4, 0.5) is 0 Å². The monoisotopic (exact) mass is 1220 g/mol. The highest BCUT2D eigenvalue weighted by atomic mass is 16.7. The molecule has 1 heterocycles. The van der Waals surface area contributed by atoms with Gasteiger partial charge in [0.1, 0.15) is 36.6 Å². The number of nitrogens with one attached hydrogen (secondary N) is 1. The van der Waals surface area contributed by atoms with Crippen LogP contribution in [0.15, 0.2) is 12.2 Å². The van der Waals surface area contributed by atoms with Crippen molar-refractivity contribution in [2.24, 2.45) is 0 Å². The molecular weight excluding hydrogens is 1070 g/mol. The third-order valence-corrected chi connectivity index (χ3v) is 18.8. The normalized spacial score (nSPS) is 18.7. The van der Waals surface area contributed by atoms with Gasteiger partial charge in [0.2, 0.25) is 5.91 Å². The summed E-state index contributed by atoms with van der Waals surface area (Å²) in [5.41, 5.74) is 0. The van der Waals surface area contributed by atoms with E-state index in [-0.39, 0.29) is 12.8 Å². The minimum atomic E-state index is -1.67. The second-order valence-electron chi connectivity index (χ2n) is 27.1. The molecule has 1 aliphatic rings. The average Bonchev–Trinajstić information content (AvgIpc) is 3.31. The maximum atomic E-state index is 13.3. The molecule has 9 unspecified atom stereocenters. The van der Waals surface area contributed by atoms with Crippen LogP contribution in [0.2, 0.25) is 0 Å². The number of hydrogen-bond acceptors (Lipinski definition) is 10. The van der Waals surface area contributed by atoms with Crippen LogP contribution in [0, 0.1) is 0 Å². The zero-order valence-electron chi connectivity index (χ0n) is 56.8. The molecule has 1 rings (SSSR count). The van der Waals surface area contributed by atoms with Gasteiger partial charge in [-0.25, -0.2) is 0 Å². The second kappa shape index (κ2) is 64.0. The number of aliphatic hydroxyl groups is 7. The lowest BCUT2D eigenvalue weighted by Gasteiger charge is -2.40. The van der Waals surface area contributed by atoms with Crippen LogP contribution in [0.1, 0.15) is 393 Å². The van der Waals surface area contributed by atoms with Crippen molar-refractivity contribution in [1.29, 1.82) is 0 Å². The molecule has 86 heavy (non-hydrogen) atoms. The SMILES string of the molecule is CCCCCCCCCCCCCCCCCCCCCCCC/C=C/CCCC(O)C(O)C(COC1OC(CO)C(O)C(O)C1O)NC(=O)C(O)CCCCCCCCCCCCCCCCCCCCCCCCCCCCCCCCCC. The van der Waals surface area contributed by atoms with E-state index in [0.29, 0.717) is 12.8 Å². The summed E-state index contributed by atoms with van der Waals surface area (Å²) in [5.74, 6) is -0.697. The van der Waals surface area contributed by atoms with E-state index in [9.17, 15) is 40.5 Å². The Morgan fingerprint density at radius 1 is 0.395 bits per heavy atom. The summed E-state index contributed by atoms with van der Waals surface area (Å²) in [4.78, 5) is 13.3. The van der Waals surface area contributed by atoms with Gasteiger partial charge in [0.05, 0.1) is 25.4 Å². The summed E-state index contributed by atoms with van der Waals surface area (Å²) < 4.78 is 11.2. The van der Waals surface area contributed by atoms with Crippen molar-refractivity contribution in [1.82, 2.24) is 5.32 Å². The van der Waals surface area contributed by atoms with Crippen molar-refractivity contribution in [3.63, 3.8) is 0 Å². The number of ether oxygens (including phenoxy) is 2. The second-order valence-corrected chi connectivity index (χ2v) is 27.1. The molecule has 0 spiro atoms. The largest absolute Gasteiger partial charge is 0.394 e. The van der Waals surface area contributed by atoms with E-state index in [1.165, 1.54) is 321 Å². The number of amides is 1. The molecule has 0 aliphatic carbocycles. The number of rotatable bonds is 68. The molecular formula is C75H147NO10. The van der Waals surface area contributed by atoms with Crippen molar-refractivity contribution in [2.75, 3.05) is 13.2 Å². The van der Waals surface area contributed by atoms with Gasteiger partial charge in [-0.1, -0.05) is 366 Å². The van der Waals surface area contributed by atoms with E-state index >= 15 is 0 Å². The van der Waals surface area contributed by atoms with Crippen molar-refractivity contribution in [2.45, 2.75) is 448 Å². The first-order valence-electron chi connectivity index (χ1n) is 38.1. The molecule has 0 saturated carbocycles. The number of carbonyl (C=O) groups is 1. The van der Waals surface area contributed by atoms with E-state index in [1.54, 1.807) is 0 Å². The number of unbranched alkanes of at least 4 members (excludes halogenated alkanes) is 54. The van der Waals surface area contributed by atoms with Gasteiger partial charge in [-0.2, -0.15) is 0 Å². The maximum Gasteiger partial charge on any atom is 0.249 e. The zero-order chi connectivity index (χ0) is 62.4. The first kappa shape index (κ1) is 82.9. The molecule has 9 atom stereocenters. The maximum absolute atomic E-state index is 13.3. The molecule has 0 aromatic carbocycles. The lowest BCUT2D eigenvalue weighted by molar-refractivity contribution is -0.303. The van der Waals surface area contributed by atoms with Gasteiger partial charge in [0.15, 0.2) is 6.29 Å². The quantitative estimate of drug-likeness (QED) is 0.0215. The van der Waals surface area contributed by atoms with Gasteiger partial charge in [-0.15, -0.1) is 0 Å². The Morgan fingerprint density at radius 2 is 0.686 bits per heavy atom. The summed E-state index contributed by atoms with van der Waals surface area (Å²) in [6.07, 6.45) is 68.9. The van der Waals surface area contributed by atoms with Crippen molar-refractivity contribution < 1.29 is 50.0 Å². The van der Waals surface area contributed by atoms with Gasteiger partial charge in [-0.3, -0.25) is 4.79 Å². The minimum Gasteiger partial charge on any atom is -0.394 e. The van der Waals surface area contributed by atoms with Crippen LogP contribution in [-0.4, -0.2) is 110 Å². The van der Waals surface area contributed by atoms with E-state index in [4.69, 9.17) is 9.47 Å². The molecule has 1 fully saturated rings. The van der Waals surface area contributed by atoms with Gasteiger partial charge < -0.3 is 50.5 Å². The lowest BCUT2D eigenvalue weighted by Crippen LogP contribution is -2.60. The molecule has 0 aromatic rings. The highest BCUT2D eigenvalue weighted by molar-refractivity contribution is 5.80. The van der Waals surface area contributed by atoms with Crippen molar-refractivity contribution in [3.05, 3.63) is 12.2 Å². The first-order valence-corrected chi connectivity index (χ1v) is 38.1. The number of carbonyl (C=O) groups excluding carboxylic acids is 1. The average molecular weight is 1220 g/mol. The van der Waals surface area contributed by atoms with Crippen LogP contribution >= 0.6 is 0 Å². The molecule has 8 N–H and O–H groups in total. The van der Waals surface area contributed by atoms with Crippen LogP contribution in [0.25, 0.3) is 0 Å². The van der Waals surface area contributed by atoms with Gasteiger partial charge in [-0.05, 0) is 38.5 Å². The Balaban J connectivity index is 2.16. The standard InChI is InChI=1S/C75H147NO10/c1-3-5-7-9-11-13-15-17-19-21-23-25-27-29-31-32-33-34-35-37-39-41-43-45-47-49-51-53-55-57-59-61-63-68(79)74(84)76-66(65-85-75-73(83)72(82)71(81)69(64-77)86-75)70(80)67(78)62-60-58-56-54-52-50-48-46-44-42-40-38-36-30-28-26-24-22-20-18-16-14-12-10-8-6-4-2/h54,56,66-73,75,77-83H,3-53,55,57-65H2,1-2H3,(H,76,84)/b56-54+. The third-order valence-electron chi connectivity index (χ3n) is 18.8. The molecule has 0 aromatic heterocycles. The molecule has 11 nitrogen and oxygen atoms in total. The van der Waals surface area contributed by atoms with Crippen LogP contribution in [0.5, 0.6) is 0 Å². The molecule has 11 heteroatoms. The Labute approximate surface area is 532 Å². The fraction of sp³-hybridized carbons (Fsp3) is 0.960. The number of aliphatic hydroxyl groups excluding tert-OH is 7. The summed E-state index contributed by atoms with van der Waals surface area (Å²) in [6, 6.07) is -1.18. The van der Waals surface area contributed by atoms with Gasteiger partial charge >= 0.3 is 0 Å². The van der Waals surface area contributed by atoms with Crippen molar-refractivity contribution >= 4 is 5.91 Å². The van der Waals surface area contributed by atoms with Crippen molar-refractivity contribution in [3.8, 4) is 0 Å². The molecule has 512 valence electrons. The summed E-state index contributed by atoms with van der Waals surface area (Å²) >= 11 is 0. The van der Waals surface area contributed by atoms with E-state index in [0.717, 1.165) is 32.1 Å². The van der Waals surface area contributed by atoms with E-state index in [2.05, 4.69) is 31.3 Å². The first-order chi connectivity index (χ1) is 42.2. The van der Waals surface area contributed by atoms with Crippen LogP contribution < -0.4 is 5.32 Å². The van der Waals surface area contributed by atoms with E-state index < -0.39 is 74.2 Å². The molecule has 1 aliphatic heterocycles. The molecule has 0 radical (unpaired) electrons. The van der Waals surface area contributed by atoms with Gasteiger partial charge in [0.25, 0.3) is 0 Å². The highest BCUT2D eigenvalue weighted by Crippen LogP contribution is 2.24. The fourth-order valence-electron chi connectivity index (χ4n) is 12.7. The smallest absolute Gasteiger partial charge is 0.249 e. The Bertz CT molecular complexity index is 1400. The Kier molecular flexibility index (Phi) is 61.6. The molecule has 1 amide bonds.